The summed E-state index contributed by atoms with van der Waals surface area (Å²) in [5.41, 5.74) is 3.97. The first-order chi connectivity index (χ1) is 21.3. The number of carbonyl (C=O) groups is 3. The lowest BCUT2D eigenvalue weighted by atomic mass is 9.62. The number of fused-ring (bicyclic) bond motifs is 6. The molecule has 1 spiro atoms. The fourth-order valence-electron chi connectivity index (χ4n) is 7.57. The van der Waals surface area contributed by atoms with Gasteiger partial charge in [0.2, 0.25) is 5.91 Å². The molecule has 0 aliphatic carbocycles. The van der Waals surface area contributed by atoms with Crippen LogP contribution in [0, 0.1) is 11.8 Å². The van der Waals surface area contributed by atoms with Crippen LogP contribution in [-0.4, -0.2) is 35.5 Å². The number of rotatable bonds is 7. The average molecular weight is 583 g/mol. The molecule has 0 saturated carbocycles. The van der Waals surface area contributed by atoms with Gasteiger partial charge in [0, 0.05) is 23.0 Å². The van der Waals surface area contributed by atoms with Crippen molar-refractivity contribution in [2.24, 2.45) is 11.8 Å². The van der Waals surface area contributed by atoms with Crippen LogP contribution in [0.5, 0.6) is 5.75 Å². The zero-order chi connectivity index (χ0) is 30.6. The van der Waals surface area contributed by atoms with Crippen LogP contribution in [0.3, 0.4) is 0 Å². The molecule has 1 N–H and O–H groups in total. The number of Topliss-reactive ketones (excluding diaryl/α,β-unsaturated/α-hetero) is 2. The topological polar surface area (TPSA) is 75.7 Å². The van der Waals surface area contributed by atoms with E-state index in [-0.39, 0.29) is 17.5 Å². The van der Waals surface area contributed by atoms with E-state index in [4.69, 9.17) is 4.74 Å². The lowest BCUT2D eigenvalue weighted by Crippen LogP contribution is -2.49. The third kappa shape index (κ3) is 4.12. The summed E-state index contributed by atoms with van der Waals surface area (Å²) in [5, 5.41) is 3.11. The van der Waals surface area contributed by atoms with Crippen LogP contribution in [0.2, 0.25) is 0 Å². The van der Waals surface area contributed by atoms with Gasteiger partial charge in [0.15, 0.2) is 11.6 Å². The molecular formula is C38H34N2O4. The Morgan fingerprint density at radius 1 is 0.886 bits per heavy atom. The summed E-state index contributed by atoms with van der Waals surface area (Å²) >= 11 is 0. The molecular weight excluding hydrogens is 548 g/mol. The summed E-state index contributed by atoms with van der Waals surface area (Å²) in [7, 11) is 1.56. The highest BCUT2D eigenvalue weighted by Crippen LogP contribution is 2.62. The van der Waals surface area contributed by atoms with Gasteiger partial charge in [-0.3, -0.25) is 14.4 Å². The number of carbonyl (C=O) groups excluding carboxylic acids is 3. The monoisotopic (exact) mass is 582 g/mol. The Kier molecular flexibility index (Phi) is 6.73. The van der Waals surface area contributed by atoms with Gasteiger partial charge in [0.1, 0.15) is 17.2 Å². The van der Waals surface area contributed by atoms with E-state index >= 15 is 4.79 Å². The van der Waals surface area contributed by atoms with Crippen molar-refractivity contribution in [3.8, 4) is 5.75 Å². The molecule has 7 rings (SSSR count). The van der Waals surface area contributed by atoms with Crippen LogP contribution in [0.15, 0.2) is 103 Å². The van der Waals surface area contributed by atoms with Crippen molar-refractivity contribution < 1.29 is 19.1 Å². The van der Waals surface area contributed by atoms with Gasteiger partial charge in [-0.15, -0.1) is 0 Å². The van der Waals surface area contributed by atoms with Crippen LogP contribution in [0.25, 0.3) is 6.08 Å². The zero-order valence-electron chi connectivity index (χ0n) is 25.0. The number of nitrogens with zero attached hydrogens (tertiary/aromatic N) is 1. The molecule has 4 aromatic rings. The first-order valence-electron chi connectivity index (χ1n) is 15.1. The molecule has 0 radical (unpaired) electrons. The smallest absolute Gasteiger partial charge is 0.238 e. The van der Waals surface area contributed by atoms with Crippen molar-refractivity contribution in [2.45, 2.75) is 37.8 Å². The lowest BCUT2D eigenvalue weighted by molar-refractivity contribution is -0.122. The Labute approximate surface area is 257 Å². The first-order valence-corrected chi connectivity index (χ1v) is 15.1. The highest BCUT2D eigenvalue weighted by molar-refractivity contribution is 6.16. The summed E-state index contributed by atoms with van der Waals surface area (Å²) in [6, 6.07) is 28.7. The second-order valence-electron chi connectivity index (χ2n) is 12.3. The number of amides is 1. The van der Waals surface area contributed by atoms with Gasteiger partial charge >= 0.3 is 0 Å². The van der Waals surface area contributed by atoms with Gasteiger partial charge < -0.3 is 15.0 Å². The van der Waals surface area contributed by atoms with E-state index in [1.54, 1.807) is 31.4 Å². The summed E-state index contributed by atoms with van der Waals surface area (Å²) in [6.45, 7) is 4.32. The van der Waals surface area contributed by atoms with Gasteiger partial charge in [-0.05, 0) is 58.9 Å². The molecule has 0 bridgehead atoms. The number of hydrogen-bond donors (Lipinski definition) is 1. The fourth-order valence-corrected chi connectivity index (χ4v) is 7.57. The maximum absolute atomic E-state index is 15.0. The predicted molar refractivity (Wildman–Crippen MR) is 171 cm³/mol. The summed E-state index contributed by atoms with van der Waals surface area (Å²) < 4.78 is 5.45. The summed E-state index contributed by atoms with van der Waals surface area (Å²) in [4.78, 5) is 46.3. The number of para-hydroxylation sites is 1. The molecule has 4 aromatic carbocycles. The van der Waals surface area contributed by atoms with Crippen LogP contribution >= 0.6 is 0 Å². The Morgan fingerprint density at radius 2 is 1.64 bits per heavy atom. The van der Waals surface area contributed by atoms with E-state index in [1.807, 2.05) is 90.0 Å². The molecule has 3 aliphatic heterocycles. The molecule has 1 fully saturated rings. The number of anilines is 1. The SMILES string of the molecule is COc1cccc(C(=O)[C@@H]2[C@H](C(=O)c3ccc(CC(C)C)cc3)[C@]3(C(=O)Nc4ccccc43)[C@H]3c4ccccc4C=CN23)c1. The maximum Gasteiger partial charge on any atom is 0.238 e. The fraction of sp³-hybridized carbons (Fsp3) is 0.237. The van der Waals surface area contributed by atoms with E-state index in [0.29, 0.717) is 28.5 Å². The second-order valence-corrected chi connectivity index (χ2v) is 12.3. The number of hydrogen-bond acceptors (Lipinski definition) is 5. The van der Waals surface area contributed by atoms with E-state index in [2.05, 4.69) is 19.2 Å². The number of ketones is 2. The Morgan fingerprint density at radius 3 is 2.41 bits per heavy atom. The quantitative estimate of drug-likeness (QED) is 0.241. The van der Waals surface area contributed by atoms with Gasteiger partial charge in [-0.1, -0.05) is 92.7 Å². The minimum Gasteiger partial charge on any atom is -0.497 e. The Hall–Kier alpha value is -4.97. The lowest BCUT2D eigenvalue weighted by Gasteiger charge is -2.38. The average Bonchev–Trinajstić information content (AvgIpc) is 3.52. The van der Waals surface area contributed by atoms with E-state index in [0.717, 1.165) is 28.7 Å². The minimum atomic E-state index is -1.36. The van der Waals surface area contributed by atoms with Crippen molar-refractivity contribution in [1.82, 2.24) is 4.90 Å². The molecule has 3 heterocycles. The number of methoxy groups -OCH3 is 1. The van der Waals surface area contributed by atoms with Crippen molar-refractivity contribution in [1.29, 1.82) is 0 Å². The van der Waals surface area contributed by atoms with E-state index < -0.39 is 23.4 Å². The van der Waals surface area contributed by atoms with Crippen molar-refractivity contribution in [3.63, 3.8) is 0 Å². The molecule has 0 unspecified atom stereocenters. The molecule has 6 heteroatoms. The summed E-state index contributed by atoms with van der Waals surface area (Å²) in [5.74, 6) is -0.722. The molecule has 1 saturated heterocycles. The van der Waals surface area contributed by atoms with Crippen LogP contribution < -0.4 is 10.1 Å². The molecule has 44 heavy (non-hydrogen) atoms. The van der Waals surface area contributed by atoms with Gasteiger partial charge in [-0.25, -0.2) is 0 Å². The normalized spacial score (nSPS) is 22.9. The largest absolute Gasteiger partial charge is 0.497 e. The van der Waals surface area contributed by atoms with Crippen molar-refractivity contribution in [2.75, 3.05) is 12.4 Å². The molecule has 3 aliphatic rings. The van der Waals surface area contributed by atoms with Gasteiger partial charge in [0.25, 0.3) is 0 Å². The third-order valence-electron chi connectivity index (χ3n) is 9.36. The predicted octanol–water partition coefficient (Wildman–Crippen LogP) is 6.88. The van der Waals surface area contributed by atoms with Crippen molar-refractivity contribution >= 4 is 29.2 Å². The van der Waals surface area contributed by atoms with Crippen molar-refractivity contribution in [3.05, 3.63) is 137 Å². The number of ether oxygens (including phenoxy) is 1. The molecule has 1 amide bonds. The molecule has 4 atom stereocenters. The zero-order valence-corrected chi connectivity index (χ0v) is 25.0. The van der Waals surface area contributed by atoms with Gasteiger partial charge in [-0.2, -0.15) is 0 Å². The number of nitrogens with one attached hydrogen (secondary N) is 1. The Bertz CT molecular complexity index is 1820. The van der Waals surface area contributed by atoms with Crippen LogP contribution in [0.1, 0.15) is 62.9 Å². The minimum absolute atomic E-state index is 0.227. The third-order valence-corrected chi connectivity index (χ3v) is 9.36. The number of benzene rings is 4. The van der Waals surface area contributed by atoms with E-state index in [1.165, 1.54) is 0 Å². The van der Waals surface area contributed by atoms with E-state index in [9.17, 15) is 9.59 Å². The maximum atomic E-state index is 15.0. The molecule has 220 valence electrons. The standard InChI is InChI=1S/C38H34N2O4/c1-23(2)21-24-15-17-26(18-16-24)34(41)32-33(35(42)27-10-8-11-28(22-27)44-3)40-20-19-25-9-4-5-12-29(25)36(40)38(32)30-13-6-7-14-31(30)39-37(38)43/h4-20,22-23,32-33,36H,21H2,1-3H3,(H,39,43)/t32-,33+,36-,38+/m1/s1. The van der Waals surface area contributed by atoms with Crippen LogP contribution in [0.4, 0.5) is 5.69 Å². The van der Waals surface area contributed by atoms with Gasteiger partial charge in [0.05, 0.1) is 19.1 Å². The van der Waals surface area contributed by atoms with Crippen LogP contribution in [-0.2, 0) is 16.6 Å². The summed E-state index contributed by atoms with van der Waals surface area (Å²) in [6.07, 6.45) is 4.76. The second kappa shape index (κ2) is 10.6. The Balaban J connectivity index is 1.48. The highest BCUT2D eigenvalue weighted by Gasteiger charge is 2.70. The molecule has 6 nitrogen and oxygen atoms in total. The molecule has 0 aromatic heterocycles. The highest BCUT2D eigenvalue weighted by atomic mass is 16.5. The first kappa shape index (κ1) is 27.8.